The van der Waals surface area contributed by atoms with Crippen molar-refractivity contribution >= 4 is 0 Å². The van der Waals surface area contributed by atoms with Crippen molar-refractivity contribution in [1.82, 2.24) is 0 Å². The molecule has 0 aliphatic rings. The number of rotatable bonds is 17. The molecular formula is C18H37N3O. The van der Waals surface area contributed by atoms with Crippen LogP contribution in [-0.2, 0) is 0 Å². The SMILES string of the molecule is CCCCCCCCCCCCCCC[C@H](CCO)N=[N+]=[N-]. The minimum atomic E-state index is -0.0114. The van der Waals surface area contributed by atoms with Crippen LogP contribution in [0.2, 0.25) is 0 Å². The molecule has 0 amide bonds. The number of aliphatic hydroxyl groups excluding tert-OH is 1. The summed E-state index contributed by atoms with van der Waals surface area (Å²) in [5.74, 6) is 0. The largest absolute Gasteiger partial charge is 0.396 e. The number of aliphatic hydroxyl groups is 1. The topological polar surface area (TPSA) is 69.0 Å². The summed E-state index contributed by atoms with van der Waals surface area (Å²) in [6.07, 6.45) is 19.1. The monoisotopic (exact) mass is 311 g/mol. The van der Waals surface area contributed by atoms with Crippen molar-refractivity contribution in [3.8, 4) is 0 Å². The van der Waals surface area contributed by atoms with Gasteiger partial charge in [-0.25, -0.2) is 0 Å². The maximum absolute atomic E-state index is 8.88. The molecule has 0 saturated carbocycles. The summed E-state index contributed by atoms with van der Waals surface area (Å²) in [5.41, 5.74) is 8.44. The van der Waals surface area contributed by atoms with Gasteiger partial charge in [-0.3, -0.25) is 0 Å². The van der Waals surface area contributed by atoms with Crippen LogP contribution in [0.3, 0.4) is 0 Å². The molecule has 0 spiro atoms. The Morgan fingerprint density at radius 3 is 1.64 bits per heavy atom. The average molecular weight is 312 g/mol. The van der Waals surface area contributed by atoms with E-state index in [2.05, 4.69) is 16.9 Å². The van der Waals surface area contributed by atoms with Crippen LogP contribution in [-0.4, -0.2) is 17.8 Å². The van der Waals surface area contributed by atoms with Crippen LogP contribution in [0.5, 0.6) is 0 Å². The first kappa shape index (κ1) is 21.3. The Labute approximate surface area is 137 Å². The highest BCUT2D eigenvalue weighted by atomic mass is 16.3. The first-order valence-electron chi connectivity index (χ1n) is 9.50. The summed E-state index contributed by atoms with van der Waals surface area (Å²) in [6.45, 7) is 2.38. The second-order valence-electron chi connectivity index (χ2n) is 6.40. The van der Waals surface area contributed by atoms with Gasteiger partial charge in [0.1, 0.15) is 0 Å². The molecule has 0 aromatic carbocycles. The maximum Gasteiger partial charge on any atom is 0.0434 e. The minimum absolute atomic E-state index is 0.0114. The standard InChI is InChI=1S/C18H37N3O/c1-2-3-4-5-6-7-8-9-10-11-12-13-14-15-18(16-17-22)20-21-19/h18,22H,2-17H2,1H3/t18-/m1/s1. The Balaban J connectivity index is 3.21. The second-order valence-corrected chi connectivity index (χ2v) is 6.40. The molecule has 0 aliphatic carbocycles. The zero-order chi connectivity index (χ0) is 16.3. The molecule has 0 aromatic heterocycles. The van der Waals surface area contributed by atoms with Gasteiger partial charge < -0.3 is 5.11 Å². The van der Waals surface area contributed by atoms with E-state index in [4.69, 9.17) is 10.6 Å². The highest BCUT2D eigenvalue weighted by Crippen LogP contribution is 2.14. The van der Waals surface area contributed by atoms with E-state index in [1.54, 1.807) is 0 Å². The molecule has 22 heavy (non-hydrogen) atoms. The van der Waals surface area contributed by atoms with Crippen molar-refractivity contribution in [2.24, 2.45) is 5.11 Å². The third-order valence-corrected chi connectivity index (χ3v) is 4.32. The number of nitrogens with zero attached hydrogens (tertiary/aromatic N) is 3. The Morgan fingerprint density at radius 1 is 0.773 bits per heavy atom. The number of hydrogen-bond acceptors (Lipinski definition) is 2. The molecule has 1 atom stereocenters. The molecule has 4 heteroatoms. The van der Waals surface area contributed by atoms with E-state index < -0.39 is 0 Å². The van der Waals surface area contributed by atoms with Gasteiger partial charge in [-0.05, 0) is 18.4 Å². The van der Waals surface area contributed by atoms with Crippen LogP contribution >= 0.6 is 0 Å². The van der Waals surface area contributed by atoms with Gasteiger partial charge in [0.25, 0.3) is 0 Å². The smallest absolute Gasteiger partial charge is 0.0434 e. The Bertz CT molecular complexity index is 265. The van der Waals surface area contributed by atoms with Crippen LogP contribution in [0.15, 0.2) is 5.11 Å². The molecule has 0 heterocycles. The van der Waals surface area contributed by atoms with Gasteiger partial charge in [0.15, 0.2) is 0 Å². The van der Waals surface area contributed by atoms with Crippen LogP contribution < -0.4 is 0 Å². The fourth-order valence-corrected chi connectivity index (χ4v) is 2.88. The molecule has 4 nitrogen and oxygen atoms in total. The molecule has 0 aromatic rings. The zero-order valence-corrected chi connectivity index (χ0v) is 14.7. The van der Waals surface area contributed by atoms with E-state index in [0.29, 0.717) is 6.42 Å². The molecule has 0 rings (SSSR count). The number of unbranched alkanes of at least 4 members (excludes halogenated alkanes) is 12. The summed E-state index contributed by atoms with van der Waals surface area (Å²) in [7, 11) is 0. The molecule has 0 fully saturated rings. The third kappa shape index (κ3) is 15.7. The second kappa shape index (κ2) is 18.3. The van der Waals surface area contributed by atoms with Crippen molar-refractivity contribution in [3.05, 3.63) is 10.4 Å². The highest BCUT2D eigenvalue weighted by molar-refractivity contribution is 4.66. The summed E-state index contributed by atoms with van der Waals surface area (Å²) in [6, 6.07) is -0.0114. The minimum Gasteiger partial charge on any atom is -0.396 e. The molecule has 0 bridgehead atoms. The van der Waals surface area contributed by atoms with Crippen molar-refractivity contribution in [3.63, 3.8) is 0 Å². The van der Waals surface area contributed by atoms with Crippen molar-refractivity contribution < 1.29 is 5.11 Å². The van der Waals surface area contributed by atoms with Gasteiger partial charge in [0.05, 0.1) is 0 Å². The summed E-state index contributed by atoms with van der Waals surface area (Å²) >= 11 is 0. The van der Waals surface area contributed by atoms with Gasteiger partial charge in [-0.15, -0.1) is 0 Å². The predicted molar refractivity (Wildman–Crippen MR) is 94.9 cm³/mol. The summed E-state index contributed by atoms with van der Waals surface area (Å²) in [4.78, 5) is 2.85. The summed E-state index contributed by atoms with van der Waals surface area (Å²) in [5, 5.41) is 12.6. The molecule has 130 valence electrons. The van der Waals surface area contributed by atoms with E-state index in [1.165, 1.54) is 77.0 Å². The van der Waals surface area contributed by atoms with Gasteiger partial charge in [-0.2, -0.15) is 0 Å². The normalized spacial score (nSPS) is 12.1. The van der Waals surface area contributed by atoms with E-state index >= 15 is 0 Å². The fourth-order valence-electron chi connectivity index (χ4n) is 2.88. The van der Waals surface area contributed by atoms with Gasteiger partial charge in [0.2, 0.25) is 0 Å². The Kier molecular flexibility index (Phi) is 17.7. The van der Waals surface area contributed by atoms with E-state index in [1.807, 2.05) is 0 Å². The van der Waals surface area contributed by atoms with E-state index in [9.17, 15) is 0 Å². The van der Waals surface area contributed by atoms with Crippen molar-refractivity contribution in [2.75, 3.05) is 6.61 Å². The number of hydrogen-bond donors (Lipinski definition) is 1. The first-order chi connectivity index (χ1) is 10.8. The molecule has 0 unspecified atom stereocenters. The van der Waals surface area contributed by atoms with Crippen LogP contribution in [0.1, 0.15) is 103 Å². The van der Waals surface area contributed by atoms with Gasteiger partial charge in [0, 0.05) is 17.6 Å². The molecule has 1 N–H and O–H groups in total. The van der Waals surface area contributed by atoms with Gasteiger partial charge in [-0.1, -0.05) is 95.5 Å². The van der Waals surface area contributed by atoms with Crippen LogP contribution in [0.4, 0.5) is 0 Å². The maximum atomic E-state index is 8.88. The quantitative estimate of drug-likeness (QED) is 0.141. The van der Waals surface area contributed by atoms with E-state index in [0.717, 1.165) is 12.8 Å². The predicted octanol–water partition coefficient (Wildman–Crippen LogP) is 6.53. The molecule has 0 aliphatic heterocycles. The molecule has 0 radical (unpaired) electrons. The highest BCUT2D eigenvalue weighted by Gasteiger charge is 2.04. The lowest BCUT2D eigenvalue weighted by atomic mass is 10.0. The third-order valence-electron chi connectivity index (χ3n) is 4.32. The first-order valence-corrected chi connectivity index (χ1v) is 9.50. The molecular weight excluding hydrogens is 274 g/mol. The van der Waals surface area contributed by atoms with E-state index in [-0.39, 0.29) is 12.6 Å². The zero-order valence-electron chi connectivity index (χ0n) is 14.7. The van der Waals surface area contributed by atoms with Crippen molar-refractivity contribution in [2.45, 2.75) is 109 Å². The fraction of sp³-hybridized carbons (Fsp3) is 1.00. The average Bonchev–Trinajstić information content (AvgIpc) is 2.52. The van der Waals surface area contributed by atoms with Gasteiger partial charge >= 0.3 is 0 Å². The summed E-state index contributed by atoms with van der Waals surface area (Å²) < 4.78 is 0. The van der Waals surface area contributed by atoms with Crippen LogP contribution in [0.25, 0.3) is 10.4 Å². The van der Waals surface area contributed by atoms with Crippen LogP contribution in [0, 0.1) is 0 Å². The lowest BCUT2D eigenvalue weighted by Crippen LogP contribution is -2.05. The Morgan fingerprint density at radius 2 is 1.23 bits per heavy atom. The lowest BCUT2D eigenvalue weighted by Gasteiger charge is -2.08. The van der Waals surface area contributed by atoms with Crippen molar-refractivity contribution in [1.29, 1.82) is 0 Å². The molecule has 0 saturated heterocycles. The lowest BCUT2D eigenvalue weighted by molar-refractivity contribution is 0.271. The number of azide groups is 1. The Hall–Kier alpha value is -0.730.